The number of nitrogens with zero attached hydrogens (tertiary/aromatic N) is 3. The van der Waals surface area contributed by atoms with Gasteiger partial charge in [-0.3, -0.25) is 0 Å². The molecule has 3 saturated heterocycles. The van der Waals surface area contributed by atoms with Crippen molar-refractivity contribution >= 4 is 47.5 Å². The highest BCUT2D eigenvalue weighted by Gasteiger charge is 2.31. The van der Waals surface area contributed by atoms with E-state index in [2.05, 4.69) is 15.4 Å². The van der Waals surface area contributed by atoms with E-state index in [1.54, 1.807) is 35.5 Å². The predicted molar refractivity (Wildman–Crippen MR) is 227 cm³/mol. The van der Waals surface area contributed by atoms with Crippen molar-refractivity contribution in [1.29, 1.82) is 0 Å². The number of amides is 5. The fourth-order valence-electron chi connectivity index (χ4n) is 5.77. The van der Waals surface area contributed by atoms with Gasteiger partial charge in [-0.15, -0.1) is 0 Å². The van der Waals surface area contributed by atoms with Crippen molar-refractivity contribution < 1.29 is 57.2 Å². The molecule has 0 aromatic heterocycles. The number of rotatable bonds is 9. The molecular weight excluding hydrogens is 816 g/mol. The maximum atomic E-state index is 12.0. The Morgan fingerprint density at radius 1 is 0.607 bits per heavy atom. The quantitative estimate of drug-likeness (QED) is 0.178. The molecular formula is C42H63ClN6O12. The average Bonchev–Trinajstić information content (AvgIpc) is 4.00. The lowest BCUT2D eigenvalue weighted by Gasteiger charge is -2.24. The Bertz CT molecular complexity index is 1640. The van der Waals surface area contributed by atoms with Gasteiger partial charge in [0.2, 0.25) is 0 Å². The van der Waals surface area contributed by atoms with Crippen LogP contribution in [0.4, 0.5) is 28.8 Å². The number of likely N-dealkylation sites (tertiary alicyclic amines) is 3. The van der Waals surface area contributed by atoms with Gasteiger partial charge in [0.05, 0.1) is 31.9 Å². The number of carbonyl (C=O) groups excluding carboxylic acids is 6. The van der Waals surface area contributed by atoms with E-state index in [1.165, 1.54) is 0 Å². The van der Waals surface area contributed by atoms with Crippen LogP contribution in [-0.2, 0) is 41.6 Å². The van der Waals surface area contributed by atoms with Gasteiger partial charge in [0.25, 0.3) is 0 Å². The zero-order chi connectivity index (χ0) is 45.2. The molecule has 18 nitrogen and oxygen atoms in total. The molecule has 2 aromatic rings. The molecule has 0 spiro atoms. The lowest BCUT2D eigenvalue weighted by Crippen LogP contribution is -2.40. The standard InChI is InChI=1S/C17H24N2O4.C15H20N2O4.C7H14N2O2.C3H5ClO2/c1-17(2,3)23-16(21)19-10-9-14(11-19)18-15(20)22-12-13-7-5-4-6-8-13;1-2-20-15(19)17-9-8-13(10-17)16-14(18)21-11-12-6-4-3-5-7-12;1-2-11-7(10)9-4-3-6(8)5-9;1-2-6-3(4)5/h4-8,14H,9-12H2,1-3H3,(H,18,20);3-7,13H,2,8-11H2,1H3,(H,16,18);6H,2-5,8H2,1H3;2H2,1H3/t14-;13-;6-;/m000./s1. The summed E-state index contributed by atoms with van der Waals surface area (Å²) >= 11 is 4.72. The molecule has 0 bridgehead atoms. The molecule has 340 valence electrons. The molecule has 0 radical (unpaired) electrons. The first-order valence-electron chi connectivity index (χ1n) is 20.4. The Hall–Kier alpha value is -5.49. The predicted octanol–water partition coefficient (Wildman–Crippen LogP) is 6.62. The maximum absolute atomic E-state index is 12.0. The second-order valence-electron chi connectivity index (χ2n) is 14.8. The van der Waals surface area contributed by atoms with E-state index in [-0.39, 0.29) is 49.6 Å². The number of nitrogens with two attached hydrogens (primary N) is 1. The minimum atomic E-state index is -0.738. The Kier molecular flexibility index (Phi) is 23.8. The second kappa shape index (κ2) is 28.1. The maximum Gasteiger partial charge on any atom is 0.410 e. The van der Waals surface area contributed by atoms with Crippen LogP contribution < -0.4 is 16.4 Å². The van der Waals surface area contributed by atoms with Crippen LogP contribution in [0.2, 0.25) is 0 Å². The molecule has 0 saturated carbocycles. The van der Waals surface area contributed by atoms with E-state index in [4.69, 9.17) is 41.0 Å². The first-order valence-corrected chi connectivity index (χ1v) is 20.7. The van der Waals surface area contributed by atoms with Gasteiger partial charge in [0.1, 0.15) is 18.8 Å². The van der Waals surface area contributed by atoms with E-state index in [0.717, 1.165) is 24.1 Å². The van der Waals surface area contributed by atoms with Crippen molar-refractivity contribution in [3.05, 3.63) is 71.8 Å². The van der Waals surface area contributed by atoms with Crippen LogP contribution in [0, 0.1) is 0 Å². The van der Waals surface area contributed by atoms with Gasteiger partial charge in [0, 0.05) is 56.9 Å². The first-order chi connectivity index (χ1) is 29.0. The highest BCUT2D eigenvalue weighted by atomic mass is 35.5. The number of hydrogen-bond donors (Lipinski definition) is 3. The normalized spacial score (nSPS) is 17.7. The minimum Gasteiger partial charge on any atom is -0.454 e. The smallest absolute Gasteiger partial charge is 0.410 e. The fourth-order valence-corrected chi connectivity index (χ4v) is 5.88. The Morgan fingerprint density at radius 3 is 1.34 bits per heavy atom. The molecule has 0 unspecified atom stereocenters. The number of alkyl carbamates (subject to hydrolysis) is 2. The van der Waals surface area contributed by atoms with Crippen LogP contribution in [0.5, 0.6) is 0 Å². The van der Waals surface area contributed by atoms with Crippen molar-refractivity contribution in [1.82, 2.24) is 25.3 Å². The molecule has 4 N–H and O–H groups in total. The molecule has 0 aliphatic carbocycles. The largest absolute Gasteiger partial charge is 0.454 e. The van der Waals surface area contributed by atoms with E-state index < -0.39 is 23.2 Å². The molecule has 19 heteroatoms. The molecule has 5 amide bonds. The number of benzene rings is 2. The summed E-state index contributed by atoms with van der Waals surface area (Å²) in [4.78, 5) is 72.5. The van der Waals surface area contributed by atoms with Crippen molar-refractivity contribution in [3.8, 4) is 0 Å². The second-order valence-corrected chi connectivity index (χ2v) is 15.1. The number of nitrogens with one attached hydrogen (secondary N) is 2. The Labute approximate surface area is 363 Å². The van der Waals surface area contributed by atoms with Gasteiger partial charge in [-0.05, 0) is 71.9 Å². The molecule has 61 heavy (non-hydrogen) atoms. The van der Waals surface area contributed by atoms with Gasteiger partial charge in [-0.1, -0.05) is 60.7 Å². The van der Waals surface area contributed by atoms with Crippen LogP contribution in [0.25, 0.3) is 0 Å². The molecule has 3 heterocycles. The van der Waals surface area contributed by atoms with Crippen LogP contribution in [-0.4, -0.2) is 133 Å². The summed E-state index contributed by atoms with van der Waals surface area (Å²) in [5.74, 6) is 0. The van der Waals surface area contributed by atoms with Crippen molar-refractivity contribution in [2.75, 3.05) is 59.1 Å². The molecule has 5 rings (SSSR count). The highest BCUT2D eigenvalue weighted by molar-refractivity contribution is 6.61. The van der Waals surface area contributed by atoms with E-state index in [9.17, 15) is 28.8 Å². The SMILES string of the molecule is CC(C)(C)OC(=O)N1CC[C@H](NC(=O)OCc2ccccc2)C1.CCOC(=O)Cl.CCOC(=O)N1CC[C@H](N)C1.CCOC(=O)N1CC[C@H](NC(=O)OCc2ccccc2)C1. The first kappa shape index (κ1) is 51.7. The number of carbonyl (C=O) groups is 6. The van der Waals surface area contributed by atoms with Crippen LogP contribution in [0.1, 0.15) is 71.9 Å². The Balaban J connectivity index is 0.000000308. The summed E-state index contributed by atoms with van der Waals surface area (Å²) in [7, 11) is 0. The Morgan fingerprint density at radius 2 is 1.00 bits per heavy atom. The summed E-state index contributed by atoms with van der Waals surface area (Å²) in [5, 5.41) is 5.55. The van der Waals surface area contributed by atoms with E-state index in [1.807, 2.05) is 81.4 Å². The average molecular weight is 879 g/mol. The van der Waals surface area contributed by atoms with Crippen molar-refractivity contribution in [2.45, 2.75) is 97.7 Å². The minimum absolute atomic E-state index is 0.0855. The lowest BCUT2D eigenvalue weighted by atomic mass is 10.2. The number of halogens is 1. The fraction of sp³-hybridized carbons (Fsp3) is 0.571. The molecule has 3 fully saturated rings. The highest BCUT2D eigenvalue weighted by Crippen LogP contribution is 2.16. The summed E-state index contributed by atoms with van der Waals surface area (Å²) in [6.45, 7) is 15.8. The third-order valence-electron chi connectivity index (χ3n) is 8.63. The van der Waals surface area contributed by atoms with Crippen LogP contribution >= 0.6 is 11.6 Å². The van der Waals surface area contributed by atoms with Gasteiger partial charge in [-0.25, -0.2) is 28.8 Å². The molecule has 3 aliphatic rings. The summed E-state index contributed by atoms with van der Waals surface area (Å²) in [5.41, 5.74) is 6.23. The number of hydrogen-bond acceptors (Lipinski definition) is 13. The summed E-state index contributed by atoms with van der Waals surface area (Å²) in [6.07, 6.45) is 0.441. The van der Waals surface area contributed by atoms with Gasteiger partial charge < -0.3 is 59.5 Å². The monoisotopic (exact) mass is 878 g/mol. The van der Waals surface area contributed by atoms with E-state index >= 15 is 0 Å². The lowest BCUT2D eigenvalue weighted by molar-refractivity contribution is 0.0289. The van der Waals surface area contributed by atoms with E-state index in [0.29, 0.717) is 65.4 Å². The van der Waals surface area contributed by atoms with Crippen LogP contribution in [0.15, 0.2) is 60.7 Å². The topological polar surface area (TPSA) is 218 Å². The molecule has 2 aromatic carbocycles. The van der Waals surface area contributed by atoms with Crippen molar-refractivity contribution in [2.24, 2.45) is 5.73 Å². The van der Waals surface area contributed by atoms with Crippen LogP contribution in [0.3, 0.4) is 0 Å². The third-order valence-corrected chi connectivity index (χ3v) is 8.74. The summed E-state index contributed by atoms with van der Waals surface area (Å²) < 4.78 is 29.6. The zero-order valence-electron chi connectivity index (χ0n) is 36.1. The van der Waals surface area contributed by atoms with Gasteiger partial charge in [-0.2, -0.15) is 0 Å². The number of ether oxygens (including phenoxy) is 6. The summed E-state index contributed by atoms with van der Waals surface area (Å²) in [6, 6.07) is 18.9. The molecule has 3 atom stereocenters. The third kappa shape index (κ3) is 22.6. The van der Waals surface area contributed by atoms with Crippen molar-refractivity contribution in [3.63, 3.8) is 0 Å². The zero-order valence-corrected chi connectivity index (χ0v) is 36.9. The van der Waals surface area contributed by atoms with Gasteiger partial charge >= 0.3 is 35.9 Å². The van der Waals surface area contributed by atoms with Gasteiger partial charge in [0.15, 0.2) is 0 Å². The molecule has 3 aliphatic heterocycles.